The average molecular weight is 242 g/mol. The molecule has 0 aliphatic carbocycles. The van der Waals surface area contributed by atoms with E-state index in [4.69, 9.17) is 4.74 Å². The molecule has 96 valence electrons. The number of nitro groups is 1. The van der Waals surface area contributed by atoms with Gasteiger partial charge < -0.3 is 9.64 Å². The van der Waals surface area contributed by atoms with Crippen LogP contribution >= 0.6 is 0 Å². The number of carbonyl (C=O) groups is 1. The molecule has 1 unspecified atom stereocenters. The standard InChI is InChI=1S/C11H18N2O4/c1-11(2,3)17-10(14)12-6-4-9(8-12)5-7-13(15)16/h5,7,9H,4,6,8H2,1-3H3/b7-5+. The molecule has 1 atom stereocenters. The van der Waals surface area contributed by atoms with Crippen LogP contribution in [0.2, 0.25) is 0 Å². The maximum atomic E-state index is 11.7. The summed E-state index contributed by atoms with van der Waals surface area (Å²) < 4.78 is 5.22. The lowest BCUT2D eigenvalue weighted by Crippen LogP contribution is -2.35. The third kappa shape index (κ3) is 4.84. The third-order valence-corrected chi connectivity index (χ3v) is 2.36. The van der Waals surface area contributed by atoms with Gasteiger partial charge in [0, 0.05) is 19.0 Å². The minimum absolute atomic E-state index is 0.0490. The van der Waals surface area contributed by atoms with E-state index in [1.54, 1.807) is 4.90 Å². The molecule has 1 fully saturated rings. The molecule has 0 aromatic carbocycles. The first-order valence-corrected chi connectivity index (χ1v) is 5.57. The summed E-state index contributed by atoms with van der Waals surface area (Å²) in [4.78, 5) is 23.0. The third-order valence-electron chi connectivity index (χ3n) is 2.36. The average Bonchev–Trinajstić information content (AvgIpc) is 2.60. The van der Waals surface area contributed by atoms with Crippen LogP contribution in [0.3, 0.4) is 0 Å². The fraction of sp³-hybridized carbons (Fsp3) is 0.727. The van der Waals surface area contributed by atoms with Crippen LogP contribution in [0, 0.1) is 16.0 Å². The summed E-state index contributed by atoms with van der Waals surface area (Å²) in [6.45, 7) is 6.50. The van der Waals surface area contributed by atoms with E-state index in [2.05, 4.69) is 0 Å². The molecular formula is C11H18N2O4. The van der Waals surface area contributed by atoms with Crippen LogP contribution in [0.4, 0.5) is 4.79 Å². The van der Waals surface area contributed by atoms with Crippen LogP contribution in [0.1, 0.15) is 27.2 Å². The Morgan fingerprint density at radius 2 is 2.18 bits per heavy atom. The minimum atomic E-state index is -0.508. The van der Waals surface area contributed by atoms with Crippen molar-refractivity contribution in [1.29, 1.82) is 0 Å². The van der Waals surface area contributed by atoms with E-state index in [1.807, 2.05) is 20.8 Å². The van der Waals surface area contributed by atoms with Crippen molar-refractivity contribution in [3.8, 4) is 0 Å². The van der Waals surface area contributed by atoms with E-state index >= 15 is 0 Å². The lowest BCUT2D eigenvalue weighted by atomic mass is 10.1. The summed E-state index contributed by atoms with van der Waals surface area (Å²) in [5, 5.41) is 10.2. The zero-order chi connectivity index (χ0) is 13.1. The topological polar surface area (TPSA) is 72.7 Å². The van der Waals surface area contributed by atoms with Crippen LogP contribution in [0.25, 0.3) is 0 Å². The van der Waals surface area contributed by atoms with Gasteiger partial charge in [0.25, 0.3) is 0 Å². The maximum Gasteiger partial charge on any atom is 0.410 e. The molecule has 0 saturated carbocycles. The quantitative estimate of drug-likeness (QED) is 0.548. The number of amides is 1. The number of hydrogen-bond acceptors (Lipinski definition) is 4. The van der Waals surface area contributed by atoms with Crippen molar-refractivity contribution in [2.75, 3.05) is 13.1 Å². The largest absolute Gasteiger partial charge is 0.444 e. The van der Waals surface area contributed by atoms with Gasteiger partial charge in [-0.2, -0.15) is 0 Å². The summed E-state index contributed by atoms with van der Waals surface area (Å²) in [5.41, 5.74) is -0.508. The number of nitrogens with zero attached hydrogens (tertiary/aromatic N) is 2. The van der Waals surface area contributed by atoms with E-state index in [-0.39, 0.29) is 12.0 Å². The molecule has 0 bridgehead atoms. The number of ether oxygens (including phenoxy) is 1. The van der Waals surface area contributed by atoms with E-state index in [9.17, 15) is 14.9 Å². The highest BCUT2D eigenvalue weighted by molar-refractivity contribution is 5.68. The Balaban J connectivity index is 2.45. The molecule has 1 aliphatic rings. The Morgan fingerprint density at radius 1 is 1.53 bits per heavy atom. The van der Waals surface area contributed by atoms with Crippen LogP contribution in [-0.2, 0) is 4.74 Å². The molecule has 6 nitrogen and oxygen atoms in total. The summed E-state index contributed by atoms with van der Waals surface area (Å²) in [7, 11) is 0. The van der Waals surface area contributed by atoms with E-state index in [1.165, 1.54) is 6.08 Å². The summed E-state index contributed by atoms with van der Waals surface area (Å²) in [6, 6.07) is 0. The second-order valence-electron chi connectivity index (χ2n) is 5.10. The zero-order valence-electron chi connectivity index (χ0n) is 10.4. The van der Waals surface area contributed by atoms with Crippen LogP contribution < -0.4 is 0 Å². The van der Waals surface area contributed by atoms with Crippen molar-refractivity contribution in [1.82, 2.24) is 4.90 Å². The Labute approximate surface area is 100 Å². The molecular weight excluding hydrogens is 224 g/mol. The van der Waals surface area contributed by atoms with E-state index in [0.717, 1.165) is 12.6 Å². The van der Waals surface area contributed by atoms with Crippen molar-refractivity contribution in [3.05, 3.63) is 22.4 Å². The molecule has 17 heavy (non-hydrogen) atoms. The highest BCUT2D eigenvalue weighted by atomic mass is 16.6. The zero-order valence-corrected chi connectivity index (χ0v) is 10.4. The number of hydrogen-bond donors (Lipinski definition) is 0. The smallest absolute Gasteiger partial charge is 0.410 e. The molecule has 0 radical (unpaired) electrons. The van der Waals surface area contributed by atoms with Gasteiger partial charge in [0.1, 0.15) is 5.60 Å². The van der Waals surface area contributed by atoms with Gasteiger partial charge in [-0.1, -0.05) is 0 Å². The van der Waals surface area contributed by atoms with Gasteiger partial charge in [-0.15, -0.1) is 0 Å². The van der Waals surface area contributed by atoms with Crippen molar-refractivity contribution in [2.24, 2.45) is 5.92 Å². The van der Waals surface area contributed by atoms with Gasteiger partial charge in [-0.3, -0.25) is 10.1 Å². The normalized spacial score (nSPS) is 20.9. The molecule has 1 aliphatic heterocycles. The molecule has 6 heteroatoms. The van der Waals surface area contributed by atoms with Crippen LogP contribution in [0.15, 0.2) is 12.3 Å². The number of carbonyl (C=O) groups excluding carboxylic acids is 1. The van der Waals surface area contributed by atoms with Gasteiger partial charge in [-0.25, -0.2) is 4.79 Å². The van der Waals surface area contributed by atoms with E-state index < -0.39 is 10.5 Å². The van der Waals surface area contributed by atoms with Crippen molar-refractivity contribution >= 4 is 6.09 Å². The van der Waals surface area contributed by atoms with Gasteiger partial charge in [-0.05, 0) is 33.3 Å². The summed E-state index contributed by atoms with van der Waals surface area (Å²) in [5.74, 6) is 0.0490. The molecule has 1 rings (SSSR count). The fourth-order valence-corrected chi connectivity index (χ4v) is 1.63. The maximum absolute atomic E-state index is 11.7. The van der Waals surface area contributed by atoms with Crippen molar-refractivity contribution in [3.63, 3.8) is 0 Å². The second-order valence-corrected chi connectivity index (χ2v) is 5.10. The molecule has 1 heterocycles. The Hall–Kier alpha value is -1.59. The molecule has 1 amide bonds. The first kappa shape index (κ1) is 13.5. The first-order valence-electron chi connectivity index (χ1n) is 5.57. The van der Waals surface area contributed by atoms with Gasteiger partial charge >= 0.3 is 6.09 Å². The lowest BCUT2D eigenvalue weighted by Gasteiger charge is -2.24. The Bertz CT molecular complexity index is 333. The lowest BCUT2D eigenvalue weighted by molar-refractivity contribution is -0.402. The van der Waals surface area contributed by atoms with Gasteiger partial charge in [0.15, 0.2) is 0 Å². The Kier molecular flexibility index (Phi) is 4.09. The highest BCUT2D eigenvalue weighted by Gasteiger charge is 2.28. The predicted molar refractivity (Wildman–Crippen MR) is 62.0 cm³/mol. The fourth-order valence-electron chi connectivity index (χ4n) is 1.63. The predicted octanol–water partition coefficient (Wildman–Crippen LogP) is 2.03. The highest BCUT2D eigenvalue weighted by Crippen LogP contribution is 2.20. The molecule has 0 aromatic heterocycles. The van der Waals surface area contributed by atoms with E-state index in [0.29, 0.717) is 13.1 Å². The summed E-state index contributed by atoms with van der Waals surface area (Å²) >= 11 is 0. The first-order chi connectivity index (χ1) is 7.78. The van der Waals surface area contributed by atoms with Gasteiger partial charge in [0.2, 0.25) is 6.20 Å². The number of rotatable bonds is 2. The summed E-state index contributed by atoms with van der Waals surface area (Å²) in [6.07, 6.45) is 2.85. The minimum Gasteiger partial charge on any atom is -0.444 e. The number of likely N-dealkylation sites (tertiary alicyclic amines) is 1. The van der Waals surface area contributed by atoms with Gasteiger partial charge in [0.05, 0.1) is 4.92 Å². The van der Waals surface area contributed by atoms with Crippen molar-refractivity contribution < 1.29 is 14.5 Å². The molecule has 0 spiro atoms. The van der Waals surface area contributed by atoms with Crippen LogP contribution in [0.5, 0.6) is 0 Å². The molecule has 0 aromatic rings. The second kappa shape index (κ2) is 5.16. The Morgan fingerprint density at radius 3 is 2.71 bits per heavy atom. The monoisotopic (exact) mass is 242 g/mol. The SMILES string of the molecule is CC(C)(C)OC(=O)N1CCC(/C=C/[N+](=O)[O-])C1. The van der Waals surface area contributed by atoms with Crippen LogP contribution in [-0.4, -0.2) is 34.6 Å². The molecule has 0 N–H and O–H groups in total. The molecule has 1 saturated heterocycles. The van der Waals surface area contributed by atoms with Crippen molar-refractivity contribution in [2.45, 2.75) is 32.8 Å².